The number of hydrogen-bond donors (Lipinski definition) is 1. The third kappa shape index (κ3) is 9.06. The maximum Gasteiger partial charge on any atom is 0.264 e. The van der Waals surface area contributed by atoms with Crippen LogP contribution in [-0.4, -0.2) is 44.3 Å². The van der Waals surface area contributed by atoms with Crippen molar-refractivity contribution in [3.05, 3.63) is 130 Å². The van der Waals surface area contributed by atoms with Crippen LogP contribution in [0.4, 0.5) is 10.1 Å². The van der Waals surface area contributed by atoms with Crippen LogP contribution in [0.1, 0.15) is 25.0 Å². The van der Waals surface area contributed by atoms with Crippen LogP contribution in [0.2, 0.25) is 10.0 Å². The molecule has 0 saturated heterocycles. The van der Waals surface area contributed by atoms with Gasteiger partial charge in [-0.1, -0.05) is 97.7 Å². The van der Waals surface area contributed by atoms with Gasteiger partial charge < -0.3 is 10.2 Å². The number of anilines is 1. The van der Waals surface area contributed by atoms with Gasteiger partial charge in [0.2, 0.25) is 11.8 Å². The summed E-state index contributed by atoms with van der Waals surface area (Å²) >= 11 is 12.2. The van der Waals surface area contributed by atoms with Gasteiger partial charge in [-0.05, 0) is 59.5 Å². The van der Waals surface area contributed by atoms with Crippen molar-refractivity contribution in [1.82, 2.24) is 10.2 Å². The Kier molecular flexibility index (Phi) is 11.6. The molecule has 2 amide bonds. The number of carbonyl (C=O) groups excluding carboxylic acids is 2. The molecule has 4 aromatic carbocycles. The molecule has 0 aliphatic rings. The average molecular weight is 671 g/mol. The van der Waals surface area contributed by atoms with Gasteiger partial charge in [0.25, 0.3) is 10.0 Å². The van der Waals surface area contributed by atoms with Crippen molar-refractivity contribution >= 4 is 50.7 Å². The largest absolute Gasteiger partial charge is 0.354 e. The molecule has 0 bridgehead atoms. The summed E-state index contributed by atoms with van der Waals surface area (Å²) in [6, 6.07) is 26.2. The topological polar surface area (TPSA) is 86.8 Å². The van der Waals surface area contributed by atoms with E-state index in [9.17, 15) is 22.4 Å². The Morgan fingerprint density at radius 2 is 1.47 bits per heavy atom. The number of halogens is 3. The van der Waals surface area contributed by atoms with Gasteiger partial charge in [-0.25, -0.2) is 12.8 Å². The molecule has 0 aliphatic heterocycles. The Balaban J connectivity index is 1.80. The first-order valence-electron chi connectivity index (χ1n) is 14.3. The van der Waals surface area contributed by atoms with Crippen molar-refractivity contribution in [2.45, 2.75) is 37.8 Å². The van der Waals surface area contributed by atoms with Gasteiger partial charge in [-0.2, -0.15) is 0 Å². The lowest BCUT2D eigenvalue weighted by molar-refractivity contribution is -0.140. The summed E-state index contributed by atoms with van der Waals surface area (Å²) in [7, 11) is -4.33. The fourth-order valence-corrected chi connectivity index (χ4v) is 6.38. The quantitative estimate of drug-likeness (QED) is 0.171. The van der Waals surface area contributed by atoms with E-state index < -0.39 is 34.3 Å². The van der Waals surface area contributed by atoms with Gasteiger partial charge >= 0.3 is 0 Å². The molecule has 1 atom stereocenters. The fraction of sp³-hybridized carbons (Fsp3) is 0.235. The molecule has 0 aromatic heterocycles. The minimum atomic E-state index is -4.33. The van der Waals surface area contributed by atoms with Gasteiger partial charge in [0.05, 0.1) is 15.6 Å². The summed E-state index contributed by atoms with van der Waals surface area (Å²) in [6.07, 6.45) is 0.178. The van der Waals surface area contributed by atoms with E-state index in [4.69, 9.17) is 23.2 Å². The molecule has 1 N–H and O–H groups in total. The van der Waals surface area contributed by atoms with Crippen LogP contribution in [0.5, 0.6) is 0 Å². The molecule has 0 spiro atoms. The van der Waals surface area contributed by atoms with Crippen molar-refractivity contribution in [2.24, 2.45) is 5.92 Å². The molecule has 45 heavy (non-hydrogen) atoms. The van der Waals surface area contributed by atoms with Gasteiger partial charge in [0, 0.05) is 24.5 Å². The van der Waals surface area contributed by atoms with Crippen molar-refractivity contribution in [3.8, 4) is 0 Å². The number of carbonyl (C=O) groups is 2. The number of amides is 2. The highest BCUT2D eigenvalue weighted by atomic mass is 35.5. The molecule has 1 unspecified atom stereocenters. The van der Waals surface area contributed by atoms with E-state index >= 15 is 0 Å². The number of hydrogen-bond acceptors (Lipinski definition) is 4. The van der Waals surface area contributed by atoms with Crippen molar-refractivity contribution in [1.29, 1.82) is 0 Å². The van der Waals surface area contributed by atoms with E-state index in [-0.39, 0.29) is 40.4 Å². The molecular formula is C34H34Cl2FN3O4S. The number of sulfonamides is 1. The fourth-order valence-electron chi connectivity index (χ4n) is 4.65. The Morgan fingerprint density at radius 1 is 0.844 bits per heavy atom. The lowest BCUT2D eigenvalue weighted by Crippen LogP contribution is -2.53. The van der Waals surface area contributed by atoms with Crippen LogP contribution in [0.25, 0.3) is 0 Å². The molecular weight excluding hydrogens is 636 g/mol. The first-order valence-corrected chi connectivity index (χ1v) is 16.5. The van der Waals surface area contributed by atoms with E-state index in [1.54, 1.807) is 42.5 Å². The second-order valence-corrected chi connectivity index (χ2v) is 13.6. The van der Waals surface area contributed by atoms with Crippen molar-refractivity contribution in [3.63, 3.8) is 0 Å². The zero-order chi connectivity index (χ0) is 32.6. The van der Waals surface area contributed by atoms with Crippen LogP contribution in [0.3, 0.4) is 0 Å². The highest BCUT2D eigenvalue weighted by molar-refractivity contribution is 7.92. The standard InChI is InChI=1S/C34H34Cl2FN3O4S/c1-24(2)21-38-34(42)32(19-25-9-5-3-6-10-25)39(22-26-13-15-27(35)16-14-26)33(41)23-40(28-17-18-31(37)30(36)20-28)45(43,44)29-11-7-4-8-12-29/h3-18,20,24,32H,19,21-23H2,1-2H3,(H,38,42). The maximum atomic E-state index is 14.4. The van der Waals surface area contributed by atoms with Crippen LogP contribution in [0, 0.1) is 11.7 Å². The number of nitrogens with one attached hydrogen (secondary N) is 1. The highest BCUT2D eigenvalue weighted by Crippen LogP contribution is 2.28. The summed E-state index contributed by atoms with van der Waals surface area (Å²) in [6.45, 7) is 3.61. The van der Waals surface area contributed by atoms with Gasteiger partial charge in [0.15, 0.2) is 0 Å². The third-order valence-corrected chi connectivity index (χ3v) is 9.35. The molecule has 4 rings (SSSR count). The second-order valence-electron chi connectivity index (χ2n) is 10.9. The Hall–Kier alpha value is -3.92. The van der Waals surface area contributed by atoms with Gasteiger partial charge in [-0.15, -0.1) is 0 Å². The predicted octanol–water partition coefficient (Wildman–Crippen LogP) is 6.74. The Labute approximate surface area is 273 Å². The summed E-state index contributed by atoms with van der Waals surface area (Å²) in [4.78, 5) is 29.5. The minimum absolute atomic E-state index is 0.00563. The number of benzene rings is 4. The van der Waals surface area contributed by atoms with Gasteiger partial charge in [0.1, 0.15) is 18.4 Å². The van der Waals surface area contributed by atoms with Crippen LogP contribution < -0.4 is 9.62 Å². The van der Waals surface area contributed by atoms with Crippen molar-refractivity contribution < 1.29 is 22.4 Å². The summed E-state index contributed by atoms with van der Waals surface area (Å²) in [5.41, 5.74) is 1.49. The van der Waals surface area contributed by atoms with E-state index in [0.29, 0.717) is 17.1 Å². The Bertz CT molecular complexity index is 1710. The van der Waals surface area contributed by atoms with E-state index in [1.165, 1.54) is 23.1 Å². The highest BCUT2D eigenvalue weighted by Gasteiger charge is 2.34. The smallest absolute Gasteiger partial charge is 0.264 e. The predicted molar refractivity (Wildman–Crippen MR) is 176 cm³/mol. The summed E-state index contributed by atoms with van der Waals surface area (Å²) in [5, 5.41) is 3.14. The normalized spacial score (nSPS) is 12.0. The van der Waals surface area contributed by atoms with Crippen molar-refractivity contribution in [2.75, 3.05) is 17.4 Å². The molecule has 4 aromatic rings. The van der Waals surface area contributed by atoms with Gasteiger partial charge in [-0.3, -0.25) is 13.9 Å². The number of nitrogens with zero attached hydrogens (tertiary/aromatic N) is 2. The first-order chi connectivity index (χ1) is 21.5. The monoisotopic (exact) mass is 669 g/mol. The first kappa shape index (κ1) is 34.0. The molecule has 0 saturated carbocycles. The molecule has 236 valence electrons. The SMILES string of the molecule is CC(C)CNC(=O)C(Cc1ccccc1)N(Cc1ccc(Cl)cc1)C(=O)CN(c1ccc(F)c(Cl)c1)S(=O)(=O)c1ccccc1. The van der Waals surface area contributed by atoms with E-state index in [0.717, 1.165) is 22.0 Å². The van der Waals surface area contributed by atoms with E-state index in [1.807, 2.05) is 44.2 Å². The lowest BCUT2D eigenvalue weighted by atomic mass is 10.0. The van der Waals surface area contributed by atoms with Crippen LogP contribution >= 0.6 is 23.2 Å². The molecule has 11 heteroatoms. The molecule has 7 nitrogen and oxygen atoms in total. The summed E-state index contributed by atoms with van der Waals surface area (Å²) in [5.74, 6) is -1.61. The van der Waals surface area contributed by atoms with E-state index in [2.05, 4.69) is 5.32 Å². The molecule has 0 fully saturated rings. The minimum Gasteiger partial charge on any atom is -0.354 e. The lowest BCUT2D eigenvalue weighted by Gasteiger charge is -2.34. The number of rotatable bonds is 13. The second kappa shape index (κ2) is 15.4. The zero-order valence-corrected chi connectivity index (χ0v) is 27.2. The third-order valence-electron chi connectivity index (χ3n) is 7.02. The summed E-state index contributed by atoms with van der Waals surface area (Å²) < 4.78 is 43.0. The molecule has 0 radical (unpaired) electrons. The molecule has 0 aliphatic carbocycles. The maximum absolute atomic E-state index is 14.4. The average Bonchev–Trinajstić information content (AvgIpc) is 3.03. The zero-order valence-electron chi connectivity index (χ0n) is 24.9. The Morgan fingerprint density at radius 3 is 2.07 bits per heavy atom. The molecule has 0 heterocycles. The van der Waals surface area contributed by atoms with Crippen LogP contribution in [0.15, 0.2) is 108 Å². The van der Waals surface area contributed by atoms with Crippen LogP contribution in [-0.2, 0) is 32.6 Å².